The number of hydrogen-bond acceptors (Lipinski definition) is 1. The average Bonchev–Trinajstić information content (AvgIpc) is 2.18. The summed E-state index contributed by atoms with van der Waals surface area (Å²) in [7, 11) is 0. The van der Waals surface area contributed by atoms with Crippen LogP contribution in [-0.4, -0.2) is 12.2 Å². The van der Waals surface area contributed by atoms with Crippen LogP contribution in [0.1, 0.15) is 19.4 Å². The zero-order valence-electron chi connectivity index (χ0n) is 8.57. The van der Waals surface area contributed by atoms with E-state index in [-0.39, 0.29) is 0 Å². The van der Waals surface area contributed by atoms with Gasteiger partial charge in [-0.1, -0.05) is 19.1 Å². The van der Waals surface area contributed by atoms with E-state index in [0.29, 0.717) is 5.84 Å². The molecule has 0 aliphatic carbocycles. The van der Waals surface area contributed by atoms with Crippen molar-refractivity contribution in [3.8, 4) is 0 Å². The Bertz CT molecular complexity index is 332. The Hall–Kier alpha value is -1.64. The van der Waals surface area contributed by atoms with Crippen molar-refractivity contribution in [2.24, 2.45) is 15.7 Å². The van der Waals surface area contributed by atoms with Crippen LogP contribution in [0.25, 0.3) is 0 Å². The zero-order chi connectivity index (χ0) is 10.4. The van der Waals surface area contributed by atoms with Crippen molar-refractivity contribution < 1.29 is 0 Å². The van der Waals surface area contributed by atoms with Crippen LogP contribution in [0, 0.1) is 0 Å². The Kier molecular flexibility index (Phi) is 3.85. The zero-order valence-corrected chi connectivity index (χ0v) is 8.57. The van der Waals surface area contributed by atoms with Crippen molar-refractivity contribution in [1.29, 1.82) is 0 Å². The van der Waals surface area contributed by atoms with Gasteiger partial charge in [0.15, 0.2) is 0 Å². The number of benzene rings is 1. The van der Waals surface area contributed by atoms with E-state index in [2.05, 4.69) is 29.0 Å². The maximum atomic E-state index is 5.36. The van der Waals surface area contributed by atoms with E-state index in [1.807, 2.05) is 12.1 Å². The lowest BCUT2D eigenvalue weighted by Crippen LogP contribution is -2.04. The number of aryl methyl sites for hydroxylation is 1. The van der Waals surface area contributed by atoms with Crippen molar-refractivity contribution in [1.82, 2.24) is 0 Å². The molecule has 1 aromatic rings. The Morgan fingerprint density at radius 3 is 2.50 bits per heavy atom. The molecule has 0 atom stereocenters. The Morgan fingerprint density at radius 1 is 1.36 bits per heavy atom. The minimum Gasteiger partial charge on any atom is -0.387 e. The fourth-order valence-corrected chi connectivity index (χ4v) is 1.00. The molecular weight excluding hydrogens is 174 g/mol. The lowest BCUT2D eigenvalue weighted by molar-refractivity contribution is 1.14. The Labute approximate surface area is 84.4 Å². The van der Waals surface area contributed by atoms with Crippen LogP contribution >= 0.6 is 0 Å². The highest BCUT2D eigenvalue weighted by atomic mass is 14.9. The average molecular weight is 189 g/mol. The topological polar surface area (TPSA) is 50.7 Å². The normalized spacial score (nSPS) is 12.3. The number of aliphatic imine (C=N–C) groups is 2. The molecule has 0 bridgehead atoms. The summed E-state index contributed by atoms with van der Waals surface area (Å²) < 4.78 is 0. The molecule has 0 aliphatic heterocycles. The maximum absolute atomic E-state index is 5.36. The molecule has 0 heterocycles. The maximum Gasteiger partial charge on any atom is 0.118 e. The van der Waals surface area contributed by atoms with Crippen molar-refractivity contribution in [3.63, 3.8) is 0 Å². The molecule has 1 rings (SSSR count). The molecule has 3 nitrogen and oxygen atoms in total. The van der Waals surface area contributed by atoms with E-state index in [1.54, 1.807) is 6.92 Å². The third-order valence-corrected chi connectivity index (χ3v) is 1.81. The van der Waals surface area contributed by atoms with Gasteiger partial charge in [0.25, 0.3) is 0 Å². The first-order chi connectivity index (χ1) is 6.72. The number of amidine groups is 1. The smallest absolute Gasteiger partial charge is 0.118 e. The van der Waals surface area contributed by atoms with Crippen LogP contribution in [0.5, 0.6) is 0 Å². The summed E-state index contributed by atoms with van der Waals surface area (Å²) in [4.78, 5) is 7.99. The van der Waals surface area contributed by atoms with Gasteiger partial charge in [-0.25, -0.2) is 9.98 Å². The molecule has 0 saturated carbocycles. The third kappa shape index (κ3) is 3.39. The SMILES string of the molecule is CCc1ccc(N=CN=C(C)N)cc1. The highest BCUT2D eigenvalue weighted by Gasteiger charge is 1.88. The number of hydrogen-bond donors (Lipinski definition) is 1. The van der Waals surface area contributed by atoms with E-state index in [4.69, 9.17) is 5.73 Å². The van der Waals surface area contributed by atoms with Gasteiger partial charge in [0.05, 0.1) is 11.5 Å². The van der Waals surface area contributed by atoms with Gasteiger partial charge in [-0.3, -0.25) is 0 Å². The fraction of sp³-hybridized carbons (Fsp3) is 0.273. The third-order valence-electron chi connectivity index (χ3n) is 1.81. The van der Waals surface area contributed by atoms with Crippen molar-refractivity contribution in [2.75, 3.05) is 0 Å². The van der Waals surface area contributed by atoms with Crippen LogP contribution in [-0.2, 0) is 6.42 Å². The van der Waals surface area contributed by atoms with Gasteiger partial charge in [-0.2, -0.15) is 0 Å². The summed E-state index contributed by atoms with van der Waals surface area (Å²) >= 11 is 0. The lowest BCUT2D eigenvalue weighted by Gasteiger charge is -1.95. The molecular formula is C11H15N3. The molecule has 0 spiro atoms. The molecule has 1 aromatic carbocycles. The van der Waals surface area contributed by atoms with Crippen molar-refractivity contribution in [2.45, 2.75) is 20.3 Å². The van der Waals surface area contributed by atoms with E-state index in [9.17, 15) is 0 Å². The highest BCUT2D eigenvalue weighted by molar-refractivity contribution is 5.85. The standard InChI is InChI=1S/C11H15N3/c1-3-10-4-6-11(7-5-10)14-8-13-9(2)12/h4-8H,3H2,1-2H3,(H2,12,13,14). The second-order valence-corrected chi connectivity index (χ2v) is 3.04. The van der Waals surface area contributed by atoms with Crippen molar-refractivity contribution in [3.05, 3.63) is 29.8 Å². The van der Waals surface area contributed by atoms with Crippen LogP contribution in [0.3, 0.4) is 0 Å². The van der Waals surface area contributed by atoms with E-state index < -0.39 is 0 Å². The quantitative estimate of drug-likeness (QED) is 0.575. The van der Waals surface area contributed by atoms with E-state index in [1.165, 1.54) is 11.9 Å². The molecule has 0 amide bonds. The highest BCUT2D eigenvalue weighted by Crippen LogP contribution is 2.12. The predicted molar refractivity (Wildman–Crippen MR) is 61.3 cm³/mol. The van der Waals surface area contributed by atoms with Gasteiger partial charge in [0.1, 0.15) is 6.34 Å². The summed E-state index contributed by atoms with van der Waals surface area (Å²) in [5.41, 5.74) is 7.56. The summed E-state index contributed by atoms with van der Waals surface area (Å²) in [6.07, 6.45) is 2.51. The second kappa shape index (κ2) is 5.17. The lowest BCUT2D eigenvalue weighted by atomic mass is 10.2. The summed E-state index contributed by atoms with van der Waals surface area (Å²) in [5, 5.41) is 0. The van der Waals surface area contributed by atoms with Gasteiger partial charge < -0.3 is 5.73 Å². The van der Waals surface area contributed by atoms with Crippen LogP contribution in [0.15, 0.2) is 34.3 Å². The Balaban J connectivity index is 2.69. The minimum atomic E-state index is 0.513. The molecule has 74 valence electrons. The molecule has 0 radical (unpaired) electrons. The van der Waals surface area contributed by atoms with Crippen LogP contribution < -0.4 is 5.73 Å². The van der Waals surface area contributed by atoms with Crippen LogP contribution in [0.4, 0.5) is 5.69 Å². The first kappa shape index (κ1) is 10.4. The first-order valence-electron chi connectivity index (χ1n) is 4.63. The second-order valence-electron chi connectivity index (χ2n) is 3.04. The van der Waals surface area contributed by atoms with Crippen molar-refractivity contribution >= 4 is 17.9 Å². The summed E-state index contributed by atoms with van der Waals surface area (Å²) in [5.74, 6) is 0.513. The van der Waals surface area contributed by atoms with E-state index >= 15 is 0 Å². The largest absolute Gasteiger partial charge is 0.387 e. The van der Waals surface area contributed by atoms with Gasteiger partial charge in [-0.15, -0.1) is 0 Å². The van der Waals surface area contributed by atoms with E-state index in [0.717, 1.165) is 12.1 Å². The fourth-order valence-electron chi connectivity index (χ4n) is 1.00. The summed E-state index contributed by atoms with van der Waals surface area (Å²) in [6.45, 7) is 3.85. The number of nitrogens with two attached hydrogens (primary N) is 1. The molecule has 0 saturated heterocycles. The van der Waals surface area contributed by atoms with Gasteiger partial charge in [0, 0.05) is 0 Å². The molecule has 0 fully saturated rings. The first-order valence-corrected chi connectivity index (χ1v) is 4.63. The predicted octanol–water partition coefficient (Wildman–Crippen LogP) is 2.29. The molecule has 2 N–H and O–H groups in total. The number of rotatable bonds is 3. The monoisotopic (exact) mass is 189 g/mol. The van der Waals surface area contributed by atoms with Gasteiger partial charge in [0.2, 0.25) is 0 Å². The van der Waals surface area contributed by atoms with Gasteiger partial charge in [-0.05, 0) is 31.0 Å². The molecule has 0 aliphatic rings. The van der Waals surface area contributed by atoms with Gasteiger partial charge >= 0.3 is 0 Å². The molecule has 0 aromatic heterocycles. The molecule has 14 heavy (non-hydrogen) atoms. The summed E-state index contributed by atoms with van der Waals surface area (Å²) in [6, 6.07) is 8.06. The number of nitrogens with zero attached hydrogens (tertiary/aromatic N) is 2. The minimum absolute atomic E-state index is 0.513. The van der Waals surface area contributed by atoms with Crippen LogP contribution in [0.2, 0.25) is 0 Å². The molecule has 0 unspecified atom stereocenters. The molecule has 3 heteroatoms. The Morgan fingerprint density at radius 2 is 2.00 bits per heavy atom.